The molecule has 0 aliphatic carbocycles. The van der Waals surface area contributed by atoms with E-state index in [0.717, 1.165) is 33.3 Å². The summed E-state index contributed by atoms with van der Waals surface area (Å²) in [5.41, 5.74) is 2.00. The first kappa shape index (κ1) is 18.5. The van der Waals surface area contributed by atoms with Gasteiger partial charge in [0.15, 0.2) is 0 Å². The highest BCUT2D eigenvalue weighted by Crippen LogP contribution is 2.30. The molecule has 26 heavy (non-hydrogen) atoms. The molecule has 2 aromatic carbocycles. The summed E-state index contributed by atoms with van der Waals surface area (Å²) in [7, 11) is 0. The number of anilines is 1. The SMILES string of the molecule is Cc1nc(-c2ccccc2)sc1CSCC(=O)Nc1ccc(F)cc1F. The van der Waals surface area contributed by atoms with Crippen LogP contribution in [0.1, 0.15) is 10.6 Å². The van der Waals surface area contributed by atoms with Gasteiger partial charge in [0.1, 0.15) is 16.6 Å². The Labute approximate surface area is 158 Å². The van der Waals surface area contributed by atoms with E-state index in [1.165, 1.54) is 17.8 Å². The molecular weight excluding hydrogens is 374 g/mol. The molecule has 3 nitrogen and oxygen atoms in total. The van der Waals surface area contributed by atoms with E-state index in [0.29, 0.717) is 5.75 Å². The summed E-state index contributed by atoms with van der Waals surface area (Å²) < 4.78 is 26.4. The number of thiazole rings is 1. The molecule has 1 N–H and O–H groups in total. The smallest absolute Gasteiger partial charge is 0.234 e. The fraction of sp³-hybridized carbons (Fsp3) is 0.158. The Morgan fingerprint density at radius 2 is 1.96 bits per heavy atom. The number of nitrogens with zero attached hydrogens (tertiary/aromatic N) is 1. The standard InChI is InChI=1S/C19H16F2N2OS2/c1-12-17(26-19(22-12)13-5-3-2-4-6-13)10-25-11-18(24)23-16-8-7-14(20)9-15(16)21/h2-9H,10-11H2,1H3,(H,23,24). The van der Waals surface area contributed by atoms with Gasteiger partial charge in [-0.25, -0.2) is 13.8 Å². The van der Waals surface area contributed by atoms with Crippen LogP contribution in [0.25, 0.3) is 10.6 Å². The molecule has 7 heteroatoms. The lowest BCUT2D eigenvalue weighted by molar-refractivity contribution is -0.113. The first-order chi connectivity index (χ1) is 12.5. The molecule has 3 aromatic rings. The summed E-state index contributed by atoms with van der Waals surface area (Å²) in [6, 6.07) is 13.0. The highest BCUT2D eigenvalue weighted by molar-refractivity contribution is 7.99. The Morgan fingerprint density at radius 3 is 2.69 bits per heavy atom. The Bertz CT molecular complexity index is 913. The number of nitrogens with one attached hydrogen (secondary N) is 1. The number of rotatable bonds is 6. The Hall–Kier alpha value is -2.25. The largest absolute Gasteiger partial charge is 0.323 e. The Balaban J connectivity index is 1.55. The zero-order valence-electron chi connectivity index (χ0n) is 14.0. The van der Waals surface area contributed by atoms with Crippen LogP contribution in [0, 0.1) is 18.6 Å². The van der Waals surface area contributed by atoms with Gasteiger partial charge in [0.05, 0.1) is 17.1 Å². The van der Waals surface area contributed by atoms with E-state index in [-0.39, 0.29) is 17.3 Å². The van der Waals surface area contributed by atoms with Crippen LogP contribution >= 0.6 is 23.1 Å². The lowest BCUT2D eigenvalue weighted by atomic mass is 10.2. The van der Waals surface area contributed by atoms with Gasteiger partial charge in [-0.2, -0.15) is 0 Å². The van der Waals surface area contributed by atoms with Crippen molar-refractivity contribution in [2.45, 2.75) is 12.7 Å². The summed E-state index contributed by atoms with van der Waals surface area (Å²) in [4.78, 5) is 17.6. The molecule has 1 heterocycles. The molecule has 0 fully saturated rings. The van der Waals surface area contributed by atoms with E-state index in [2.05, 4.69) is 10.3 Å². The van der Waals surface area contributed by atoms with E-state index < -0.39 is 11.6 Å². The number of aryl methyl sites for hydroxylation is 1. The summed E-state index contributed by atoms with van der Waals surface area (Å²) in [6.07, 6.45) is 0. The number of halogens is 2. The maximum atomic E-state index is 13.5. The molecule has 0 saturated heterocycles. The lowest BCUT2D eigenvalue weighted by Gasteiger charge is -2.06. The molecule has 0 radical (unpaired) electrons. The number of amides is 1. The van der Waals surface area contributed by atoms with E-state index >= 15 is 0 Å². The predicted octanol–water partition coefficient (Wildman–Crippen LogP) is 5.27. The van der Waals surface area contributed by atoms with E-state index in [1.54, 1.807) is 11.3 Å². The van der Waals surface area contributed by atoms with Crippen molar-refractivity contribution in [1.29, 1.82) is 0 Å². The van der Waals surface area contributed by atoms with Crippen molar-refractivity contribution >= 4 is 34.7 Å². The Morgan fingerprint density at radius 1 is 1.19 bits per heavy atom. The van der Waals surface area contributed by atoms with Gasteiger partial charge in [0, 0.05) is 22.3 Å². The van der Waals surface area contributed by atoms with Crippen molar-refractivity contribution in [2.75, 3.05) is 11.1 Å². The average molecular weight is 390 g/mol. The van der Waals surface area contributed by atoms with Crippen molar-refractivity contribution in [1.82, 2.24) is 4.98 Å². The van der Waals surface area contributed by atoms with Gasteiger partial charge >= 0.3 is 0 Å². The molecule has 3 rings (SSSR count). The van der Waals surface area contributed by atoms with E-state index in [9.17, 15) is 13.6 Å². The number of benzene rings is 2. The maximum absolute atomic E-state index is 13.5. The van der Waals surface area contributed by atoms with Crippen molar-refractivity contribution < 1.29 is 13.6 Å². The molecule has 0 unspecified atom stereocenters. The number of carbonyl (C=O) groups excluding carboxylic acids is 1. The molecular formula is C19H16F2N2OS2. The first-order valence-electron chi connectivity index (χ1n) is 7.87. The van der Waals surface area contributed by atoms with Gasteiger partial charge < -0.3 is 5.32 Å². The van der Waals surface area contributed by atoms with Crippen LogP contribution in [-0.2, 0) is 10.5 Å². The topological polar surface area (TPSA) is 42.0 Å². The third-order valence-corrected chi connectivity index (χ3v) is 5.93. The fourth-order valence-corrected chi connectivity index (χ4v) is 4.38. The fourth-order valence-electron chi connectivity index (χ4n) is 2.28. The Kier molecular flexibility index (Phi) is 6.00. The summed E-state index contributed by atoms with van der Waals surface area (Å²) in [6.45, 7) is 1.95. The zero-order valence-corrected chi connectivity index (χ0v) is 15.6. The normalized spacial score (nSPS) is 10.7. The molecule has 0 bridgehead atoms. The second-order valence-electron chi connectivity index (χ2n) is 5.56. The quantitative estimate of drug-likeness (QED) is 0.624. The monoisotopic (exact) mass is 390 g/mol. The van der Waals surface area contributed by atoms with Crippen LogP contribution < -0.4 is 5.32 Å². The molecule has 0 aliphatic rings. The third-order valence-electron chi connectivity index (χ3n) is 3.58. The van der Waals surface area contributed by atoms with Crippen LogP contribution in [0.5, 0.6) is 0 Å². The van der Waals surface area contributed by atoms with Crippen LogP contribution in [0.3, 0.4) is 0 Å². The van der Waals surface area contributed by atoms with Gasteiger partial charge in [-0.3, -0.25) is 4.79 Å². The van der Waals surface area contributed by atoms with Crippen molar-refractivity contribution in [3.05, 3.63) is 70.7 Å². The minimum Gasteiger partial charge on any atom is -0.323 e. The summed E-state index contributed by atoms with van der Waals surface area (Å²) in [5.74, 6) is -0.963. The van der Waals surface area contributed by atoms with Crippen molar-refractivity contribution in [3.63, 3.8) is 0 Å². The molecule has 134 valence electrons. The van der Waals surface area contributed by atoms with E-state index in [4.69, 9.17) is 0 Å². The van der Waals surface area contributed by atoms with E-state index in [1.807, 2.05) is 37.3 Å². The van der Waals surface area contributed by atoms with Crippen LogP contribution in [-0.4, -0.2) is 16.6 Å². The van der Waals surface area contributed by atoms with Gasteiger partial charge in [-0.1, -0.05) is 30.3 Å². The number of carbonyl (C=O) groups is 1. The van der Waals surface area contributed by atoms with Crippen molar-refractivity contribution in [3.8, 4) is 10.6 Å². The predicted molar refractivity (Wildman–Crippen MR) is 103 cm³/mol. The van der Waals surface area contributed by atoms with Gasteiger partial charge in [-0.15, -0.1) is 23.1 Å². The number of hydrogen-bond acceptors (Lipinski definition) is 4. The van der Waals surface area contributed by atoms with Crippen LogP contribution in [0.2, 0.25) is 0 Å². The molecule has 0 saturated carbocycles. The molecule has 0 aliphatic heterocycles. The van der Waals surface area contributed by atoms with Crippen LogP contribution in [0.4, 0.5) is 14.5 Å². The summed E-state index contributed by atoms with van der Waals surface area (Å²) >= 11 is 3.03. The highest BCUT2D eigenvalue weighted by atomic mass is 32.2. The molecule has 1 aromatic heterocycles. The minimum absolute atomic E-state index is 0.0164. The maximum Gasteiger partial charge on any atom is 0.234 e. The van der Waals surface area contributed by atoms with Gasteiger partial charge in [-0.05, 0) is 19.1 Å². The zero-order chi connectivity index (χ0) is 18.5. The first-order valence-corrected chi connectivity index (χ1v) is 9.84. The number of thioether (sulfide) groups is 1. The second kappa shape index (κ2) is 8.42. The molecule has 0 spiro atoms. The molecule has 1 amide bonds. The van der Waals surface area contributed by atoms with Crippen molar-refractivity contribution in [2.24, 2.45) is 0 Å². The minimum atomic E-state index is -0.783. The average Bonchev–Trinajstić information content (AvgIpc) is 2.99. The molecule has 0 atom stereocenters. The third kappa shape index (κ3) is 4.68. The second-order valence-corrected chi connectivity index (χ2v) is 7.63. The number of aromatic nitrogens is 1. The highest BCUT2D eigenvalue weighted by Gasteiger charge is 2.12. The van der Waals surface area contributed by atoms with Gasteiger partial charge in [0.2, 0.25) is 5.91 Å². The number of hydrogen-bond donors (Lipinski definition) is 1. The van der Waals surface area contributed by atoms with Crippen LogP contribution in [0.15, 0.2) is 48.5 Å². The summed E-state index contributed by atoms with van der Waals surface area (Å²) in [5, 5.41) is 3.41. The van der Waals surface area contributed by atoms with Gasteiger partial charge in [0.25, 0.3) is 0 Å². The lowest BCUT2D eigenvalue weighted by Crippen LogP contribution is -2.15.